The van der Waals surface area contributed by atoms with Crippen LogP contribution in [0.2, 0.25) is 0 Å². The molecule has 6 N–H and O–H groups in total. The molecule has 0 spiro atoms. The minimum atomic E-state index is -0.681. The Balaban J connectivity index is 0.000000196. The lowest BCUT2D eigenvalue weighted by molar-refractivity contribution is -0.389. The first kappa shape index (κ1) is 41.8. The van der Waals surface area contributed by atoms with Crippen molar-refractivity contribution in [2.75, 3.05) is 48.3 Å². The summed E-state index contributed by atoms with van der Waals surface area (Å²) in [6, 6.07) is 9.46. The fourth-order valence-electron chi connectivity index (χ4n) is 6.12. The largest absolute Gasteiger partial charge is 0.393 e. The average molecular weight is 730 g/mol. The van der Waals surface area contributed by atoms with E-state index in [1.807, 2.05) is 26.0 Å². The number of hydrogen-bond donors (Lipinski definition) is 5. The molecule has 0 amide bonds. The highest BCUT2D eigenvalue weighted by atomic mass is 19.1. The van der Waals surface area contributed by atoms with Crippen LogP contribution in [0.15, 0.2) is 55.0 Å². The Kier molecular flexibility index (Phi) is 17.0. The number of nitro groups is 2. The summed E-state index contributed by atoms with van der Waals surface area (Å²) >= 11 is 0. The van der Waals surface area contributed by atoms with Crippen LogP contribution < -0.4 is 20.9 Å². The lowest BCUT2D eigenvalue weighted by Gasteiger charge is -2.35. The van der Waals surface area contributed by atoms with E-state index in [1.54, 1.807) is 12.3 Å². The van der Waals surface area contributed by atoms with Crippen LogP contribution in [0.5, 0.6) is 0 Å². The maximum atomic E-state index is 12.1. The first-order valence-corrected chi connectivity index (χ1v) is 17.6. The molecule has 0 saturated carbocycles. The van der Waals surface area contributed by atoms with Crippen LogP contribution in [0, 0.1) is 37.9 Å². The number of aliphatic hydroxyl groups is 3. The Hall–Kier alpha value is -4.58. The maximum absolute atomic E-state index is 12.1. The number of nitrogen functional groups attached to an aromatic ring is 1. The second kappa shape index (κ2) is 21.1. The molecule has 52 heavy (non-hydrogen) atoms. The van der Waals surface area contributed by atoms with E-state index in [-0.39, 0.29) is 35.9 Å². The van der Waals surface area contributed by atoms with Gasteiger partial charge in [0.2, 0.25) is 0 Å². The lowest BCUT2D eigenvalue weighted by atomic mass is 9.93. The van der Waals surface area contributed by atoms with Crippen LogP contribution in [-0.2, 0) is 0 Å². The van der Waals surface area contributed by atoms with E-state index < -0.39 is 15.7 Å². The van der Waals surface area contributed by atoms with Gasteiger partial charge in [-0.1, -0.05) is 0 Å². The smallest absolute Gasteiger partial charge is 0.363 e. The zero-order valence-electron chi connectivity index (χ0n) is 30.0. The van der Waals surface area contributed by atoms with E-state index in [1.165, 1.54) is 12.3 Å². The predicted octanol–water partition coefficient (Wildman–Crippen LogP) is 4.10. The molecule has 286 valence electrons. The molecule has 17 heteroatoms. The normalized spacial score (nSPS) is 22.5. The van der Waals surface area contributed by atoms with Gasteiger partial charge in [-0.15, -0.1) is 0 Å². The zero-order valence-corrected chi connectivity index (χ0v) is 30.0. The molecule has 3 fully saturated rings. The summed E-state index contributed by atoms with van der Waals surface area (Å²) in [5.74, 6) is 0.114. The van der Waals surface area contributed by atoms with Gasteiger partial charge in [-0.25, -0.2) is 9.37 Å². The van der Waals surface area contributed by atoms with Crippen molar-refractivity contribution in [3.05, 3.63) is 81.0 Å². The fourth-order valence-corrected chi connectivity index (χ4v) is 6.12. The Morgan fingerprint density at radius 3 is 1.69 bits per heavy atom. The zero-order chi connectivity index (χ0) is 38.2. The molecule has 0 aromatic carbocycles. The molecular weight excluding hydrogens is 677 g/mol. The van der Waals surface area contributed by atoms with E-state index >= 15 is 0 Å². The van der Waals surface area contributed by atoms with E-state index in [4.69, 9.17) is 10.8 Å². The summed E-state index contributed by atoms with van der Waals surface area (Å²) in [7, 11) is 0. The minimum Gasteiger partial charge on any atom is -0.393 e. The highest BCUT2D eigenvalue weighted by molar-refractivity contribution is 5.48. The molecule has 16 nitrogen and oxygen atoms in total. The summed E-state index contributed by atoms with van der Waals surface area (Å²) < 4.78 is 12.1. The second-order valence-corrected chi connectivity index (χ2v) is 13.4. The molecule has 0 aliphatic carbocycles. The van der Waals surface area contributed by atoms with Gasteiger partial charge in [0.15, 0.2) is 18.2 Å². The Bertz CT molecular complexity index is 1490. The van der Waals surface area contributed by atoms with Crippen LogP contribution in [0.1, 0.15) is 59.3 Å². The second-order valence-electron chi connectivity index (χ2n) is 13.4. The maximum Gasteiger partial charge on any atom is 0.363 e. The highest BCUT2D eigenvalue weighted by Crippen LogP contribution is 2.26. The SMILES string of the molecule is CC(O)C1CCCN(c2ccc(N)nc2)C1.CC(O)C1CCCN(c2ccc([N+](=O)[O-])nc2)C1.CC1CC(O)CCN1.O=[N+]([O-])c1ccc(F)cn1. The summed E-state index contributed by atoms with van der Waals surface area (Å²) in [4.78, 5) is 34.8. The number of nitrogens with one attached hydrogen (secondary N) is 1. The fraction of sp³-hybridized carbons (Fsp3) is 0.571. The molecule has 3 aromatic heterocycles. The van der Waals surface area contributed by atoms with Crippen molar-refractivity contribution in [2.45, 2.75) is 83.6 Å². The van der Waals surface area contributed by atoms with Gasteiger partial charge in [-0.2, -0.15) is 0 Å². The number of nitrogens with zero attached hydrogens (tertiary/aromatic N) is 7. The van der Waals surface area contributed by atoms with Gasteiger partial charge in [0.1, 0.15) is 5.82 Å². The van der Waals surface area contributed by atoms with Gasteiger partial charge in [0, 0.05) is 56.2 Å². The summed E-state index contributed by atoms with van der Waals surface area (Å²) in [5, 5.41) is 52.0. The topological polar surface area (TPSA) is 230 Å². The quantitative estimate of drug-likeness (QED) is 0.178. The minimum absolute atomic E-state index is 0.0498. The number of halogens is 1. The van der Waals surface area contributed by atoms with Crippen LogP contribution in [0.4, 0.5) is 33.2 Å². The first-order chi connectivity index (χ1) is 24.7. The summed E-state index contributed by atoms with van der Waals surface area (Å²) in [6.45, 7) is 10.4. The molecule has 6 rings (SSSR count). The molecule has 0 radical (unpaired) electrons. The van der Waals surface area contributed by atoms with Crippen molar-refractivity contribution in [1.29, 1.82) is 0 Å². The van der Waals surface area contributed by atoms with Gasteiger partial charge in [0.05, 0.1) is 35.9 Å². The predicted molar refractivity (Wildman–Crippen MR) is 196 cm³/mol. The van der Waals surface area contributed by atoms with Crippen molar-refractivity contribution < 1.29 is 29.6 Å². The van der Waals surface area contributed by atoms with Gasteiger partial charge in [0.25, 0.3) is 0 Å². The van der Waals surface area contributed by atoms with E-state index in [0.29, 0.717) is 17.8 Å². The van der Waals surface area contributed by atoms with Crippen molar-refractivity contribution >= 4 is 28.8 Å². The Labute approximate surface area is 303 Å². The number of nitrogens with two attached hydrogens (primary N) is 1. The summed E-state index contributed by atoms with van der Waals surface area (Å²) in [5.41, 5.74) is 7.54. The van der Waals surface area contributed by atoms with E-state index in [0.717, 1.165) is 101 Å². The number of hydrogen-bond acceptors (Lipinski definition) is 14. The third-order valence-electron chi connectivity index (χ3n) is 9.20. The van der Waals surface area contributed by atoms with Crippen LogP contribution >= 0.6 is 0 Å². The third-order valence-corrected chi connectivity index (χ3v) is 9.20. The molecular formula is C35H52FN9O7. The Morgan fingerprint density at radius 1 is 0.827 bits per heavy atom. The Morgan fingerprint density at radius 2 is 1.33 bits per heavy atom. The third kappa shape index (κ3) is 14.2. The average Bonchev–Trinajstić information content (AvgIpc) is 3.13. The van der Waals surface area contributed by atoms with E-state index in [2.05, 4.69) is 37.0 Å². The number of anilines is 3. The molecule has 6 atom stereocenters. The van der Waals surface area contributed by atoms with Crippen LogP contribution in [0.3, 0.4) is 0 Å². The van der Waals surface area contributed by atoms with Crippen molar-refractivity contribution in [2.24, 2.45) is 11.8 Å². The van der Waals surface area contributed by atoms with Crippen LogP contribution in [0.25, 0.3) is 0 Å². The molecule has 3 aliphatic rings. The van der Waals surface area contributed by atoms with Gasteiger partial charge >= 0.3 is 11.6 Å². The first-order valence-electron chi connectivity index (χ1n) is 17.6. The van der Waals surface area contributed by atoms with Gasteiger partial charge < -0.3 is 56.4 Å². The number of aromatic nitrogens is 3. The van der Waals surface area contributed by atoms with Crippen LogP contribution in [-0.4, -0.2) is 97.2 Å². The van der Waals surface area contributed by atoms with E-state index in [9.17, 15) is 34.8 Å². The molecule has 6 heterocycles. The summed E-state index contributed by atoms with van der Waals surface area (Å²) in [6.07, 6.45) is 9.65. The molecule has 3 saturated heterocycles. The molecule has 3 aromatic rings. The van der Waals surface area contributed by atoms with Crippen molar-refractivity contribution in [1.82, 2.24) is 20.3 Å². The number of piperidine rings is 3. The number of aliphatic hydroxyl groups excluding tert-OH is 3. The molecule has 6 unspecified atom stereocenters. The van der Waals surface area contributed by atoms with Crippen molar-refractivity contribution in [3.8, 4) is 0 Å². The van der Waals surface area contributed by atoms with Gasteiger partial charge in [-0.3, -0.25) is 0 Å². The van der Waals surface area contributed by atoms with Gasteiger partial charge in [-0.05, 0) is 110 Å². The molecule has 0 bridgehead atoms. The highest BCUT2D eigenvalue weighted by Gasteiger charge is 2.25. The number of rotatable bonds is 6. The monoisotopic (exact) mass is 729 g/mol. The number of pyridine rings is 3. The molecule has 3 aliphatic heterocycles. The van der Waals surface area contributed by atoms with Crippen molar-refractivity contribution in [3.63, 3.8) is 0 Å². The lowest BCUT2D eigenvalue weighted by Crippen LogP contribution is -2.39. The standard InChI is InChI=1S/C12H17N3O3.C12H19N3O.C6H13NO.C5H3FN2O2/c1-9(16)10-3-2-6-14(8-10)11-4-5-12(13-7-11)15(17)18;1-9(16)10-3-2-6-15(8-10)11-4-5-12(13)14-7-11;1-5-4-6(8)2-3-7-5;6-4-1-2-5(7-3-4)8(9)10/h4-5,7,9-10,16H,2-3,6,8H2,1H3;4-5,7,9-10,16H,2-3,6,8H2,1H3,(H2,13,14);5-8H,2-4H2,1H3;1-3H.